The summed E-state index contributed by atoms with van der Waals surface area (Å²) in [5.41, 5.74) is -0.770. The lowest BCUT2D eigenvalue weighted by atomic mass is 9.88. The van der Waals surface area contributed by atoms with Crippen molar-refractivity contribution >= 4 is 0 Å². The summed E-state index contributed by atoms with van der Waals surface area (Å²) in [5, 5.41) is 10.1. The van der Waals surface area contributed by atoms with Gasteiger partial charge in [0.25, 0.3) is 0 Å². The molecule has 16 heavy (non-hydrogen) atoms. The molecule has 1 nitrogen and oxygen atoms in total. The molecule has 0 fully saturated rings. The summed E-state index contributed by atoms with van der Waals surface area (Å²) in [6, 6.07) is 3.32. The fraction of sp³-hybridized carbons (Fsp3) is 0.538. The Labute approximate surface area is 95.1 Å². The quantitative estimate of drug-likeness (QED) is 0.838. The Morgan fingerprint density at radius 1 is 1.31 bits per heavy atom. The third kappa shape index (κ3) is 3.89. The Bertz CT molecular complexity index is 359. The van der Waals surface area contributed by atoms with Gasteiger partial charge in [0.05, 0.1) is 5.60 Å². The van der Waals surface area contributed by atoms with Gasteiger partial charge in [0, 0.05) is 6.42 Å². The van der Waals surface area contributed by atoms with Crippen molar-refractivity contribution in [2.24, 2.45) is 5.92 Å². The van der Waals surface area contributed by atoms with Crippen LogP contribution in [0.1, 0.15) is 32.8 Å². The Morgan fingerprint density at radius 2 is 1.94 bits per heavy atom. The van der Waals surface area contributed by atoms with Crippen molar-refractivity contribution in [3.05, 3.63) is 35.4 Å². The van der Waals surface area contributed by atoms with E-state index in [9.17, 15) is 13.9 Å². The molecule has 0 aliphatic carbocycles. The highest BCUT2D eigenvalue weighted by molar-refractivity contribution is 5.20. The highest BCUT2D eigenvalue weighted by Crippen LogP contribution is 2.23. The van der Waals surface area contributed by atoms with Gasteiger partial charge in [-0.3, -0.25) is 0 Å². The van der Waals surface area contributed by atoms with Crippen molar-refractivity contribution in [2.45, 2.75) is 39.2 Å². The number of benzene rings is 1. The van der Waals surface area contributed by atoms with Gasteiger partial charge in [0.15, 0.2) is 0 Å². The van der Waals surface area contributed by atoms with Crippen LogP contribution in [0.15, 0.2) is 18.2 Å². The fourth-order valence-electron chi connectivity index (χ4n) is 2.04. The van der Waals surface area contributed by atoms with Crippen LogP contribution in [0.5, 0.6) is 0 Å². The Hall–Kier alpha value is -0.960. The number of halogens is 2. The molecule has 0 saturated heterocycles. The monoisotopic (exact) mass is 228 g/mol. The van der Waals surface area contributed by atoms with Crippen LogP contribution in [0.4, 0.5) is 8.78 Å². The lowest BCUT2D eigenvalue weighted by Crippen LogP contribution is -2.29. The van der Waals surface area contributed by atoms with E-state index in [2.05, 4.69) is 0 Å². The molecule has 1 aromatic carbocycles. The van der Waals surface area contributed by atoms with Crippen LogP contribution in [0, 0.1) is 17.6 Å². The summed E-state index contributed by atoms with van der Waals surface area (Å²) in [6.07, 6.45) is 0.692. The minimum Gasteiger partial charge on any atom is -0.390 e. The minimum atomic E-state index is -0.997. The summed E-state index contributed by atoms with van der Waals surface area (Å²) in [5.74, 6) is -0.631. The van der Waals surface area contributed by atoms with E-state index in [1.54, 1.807) is 6.92 Å². The molecule has 0 bridgehead atoms. The van der Waals surface area contributed by atoms with Crippen molar-refractivity contribution in [3.63, 3.8) is 0 Å². The molecule has 1 aromatic rings. The van der Waals surface area contributed by atoms with Crippen LogP contribution in [0.2, 0.25) is 0 Å². The van der Waals surface area contributed by atoms with Crippen LogP contribution in [-0.2, 0) is 6.42 Å². The van der Waals surface area contributed by atoms with Gasteiger partial charge in [-0.1, -0.05) is 13.8 Å². The first kappa shape index (κ1) is 13.1. The van der Waals surface area contributed by atoms with Crippen molar-refractivity contribution < 1.29 is 13.9 Å². The van der Waals surface area contributed by atoms with E-state index in [1.807, 2.05) is 13.8 Å². The number of aliphatic hydroxyl groups is 1. The second kappa shape index (κ2) is 4.91. The zero-order valence-corrected chi connectivity index (χ0v) is 9.93. The van der Waals surface area contributed by atoms with Crippen molar-refractivity contribution in [3.8, 4) is 0 Å². The predicted molar refractivity (Wildman–Crippen MR) is 60.1 cm³/mol. The van der Waals surface area contributed by atoms with Gasteiger partial charge < -0.3 is 5.11 Å². The van der Waals surface area contributed by atoms with E-state index in [-0.39, 0.29) is 12.0 Å². The minimum absolute atomic E-state index is 0.134. The van der Waals surface area contributed by atoms with Crippen molar-refractivity contribution in [2.75, 3.05) is 0 Å². The second-order valence-corrected chi connectivity index (χ2v) is 5.01. The average molecular weight is 228 g/mol. The second-order valence-electron chi connectivity index (χ2n) is 5.01. The van der Waals surface area contributed by atoms with E-state index in [1.165, 1.54) is 0 Å². The summed E-state index contributed by atoms with van der Waals surface area (Å²) in [6.45, 7) is 5.62. The van der Waals surface area contributed by atoms with Gasteiger partial charge in [-0.15, -0.1) is 0 Å². The molecule has 1 rings (SSSR count). The van der Waals surface area contributed by atoms with Gasteiger partial charge in [0.1, 0.15) is 11.6 Å². The molecular formula is C13H18F2O. The van der Waals surface area contributed by atoms with E-state index >= 15 is 0 Å². The van der Waals surface area contributed by atoms with E-state index in [0.717, 1.165) is 18.2 Å². The highest BCUT2D eigenvalue weighted by Gasteiger charge is 2.24. The molecule has 1 N–H and O–H groups in total. The smallest absolute Gasteiger partial charge is 0.126 e. The van der Waals surface area contributed by atoms with E-state index in [4.69, 9.17) is 0 Å². The standard InChI is InChI=1S/C13H18F2O/c1-9(2)7-13(3,16)8-10-6-11(14)4-5-12(10)15/h4-6,9,16H,7-8H2,1-3H3. The van der Waals surface area contributed by atoms with E-state index in [0.29, 0.717) is 12.3 Å². The Balaban J connectivity index is 2.82. The molecule has 90 valence electrons. The lowest BCUT2D eigenvalue weighted by molar-refractivity contribution is 0.0379. The molecule has 0 spiro atoms. The van der Waals surface area contributed by atoms with Crippen LogP contribution in [0.3, 0.4) is 0 Å². The first-order valence-electron chi connectivity index (χ1n) is 5.46. The van der Waals surface area contributed by atoms with Gasteiger partial charge in [-0.05, 0) is 43.0 Å². The first-order valence-corrected chi connectivity index (χ1v) is 5.46. The summed E-state index contributed by atoms with van der Waals surface area (Å²) in [4.78, 5) is 0. The molecule has 1 atom stereocenters. The predicted octanol–water partition coefficient (Wildman–Crippen LogP) is 3.30. The lowest BCUT2D eigenvalue weighted by Gasteiger charge is -2.25. The molecule has 0 aliphatic heterocycles. The number of rotatable bonds is 4. The number of hydrogen-bond donors (Lipinski definition) is 1. The largest absolute Gasteiger partial charge is 0.390 e. The Morgan fingerprint density at radius 3 is 2.50 bits per heavy atom. The zero-order valence-electron chi connectivity index (χ0n) is 9.93. The highest BCUT2D eigenvalue weighted by atomic mass is 19.1. The SMILES string of the molecule is CC(C)CC(C)(O)Cc1cc(F)ccc1F. The van der Waals surface area contributed by atoms with Crippen molar-refractivity contribution in [1.82, 2.24) is 0 Å². The maximum absolute atomic E-state index is 13.4. The Kier molecular flexibility index (Phi) is 4.03. The fourth-order valence-corrected chi connectivity index (χ4v) is 2.04. The van der Waals surface area contributed by atoms with Crippen LogP contribution in [0.25, 0.3) is 0 Å². The molecule has 3 heteroatoms. The third-order valence-corrected chi connectivity index (χ3v) is 2.43. The molecule has 0 amide bonds. The molecule has 0 heterocycles. The van der Waals surface area contributed by atoms with Gasteiger partial charge in [0.2, 0.25) is 0 Å². The molecule has 0 aliphatic rings. The van der Waals surface area contributed by atoms with Crippen LogP contribution < -0.4 is 0 Å². The first-order chi connectivity index (χ1) is 7.30. The van der Waals surface area contributed by atoms with E-state index < -0.39 is 17.2 Å². The van der Waals surface area contributed by atoms with Gasteiger partial charge >= 0.3 is 0 Å². The van der Waals surface area contributed by atoms with Gasteiger partial charge in [-0.2, -0.15) is 0 Å². The average Bonchev–Trinajstić information content (AvgIpc) is 2.08. The molecule has 0 saturated carbocycles. The number of hydrogen-bond acceptors (Lipinski definition) is 1. The van der Waals surface area contributed by atoms with Crippen molar-refractivity contribution in [1.29, 1.82) is 0 Å². The molecular weight excluding hydrogens is 210 g/mol. The maximum Gasteiger partial charge on any atom is 0.126 e. The maximum atomic E-state index is 13.4. The van der Waals surface area contributed by atoms with Crippen LogP contribution >= 0.6 is 0 Å². The third-order valence-electron chi connectivity index (χ3n) is 2.43. The zero-order chi connectivity index (χ0) is 12.3. The normalized spacial score (nSPS) is 15.2. The summed E-state index contributed by atoms with van der Waals surface area (Å²) >= 11 is 0. The van der Waals surface area contributed by atoms with Crippen LogP contribution in [-0.4, -0.2) is 10.7 Å². The molecule has 1 unspecified atom stereocenters. The topological polar surface area (TPSA) is 20.2 Å². The molecule has 0 aromatic heterocycles. The summed E-state index contributed by atoms with van der Waals surface area (Å²) in [7, 11) is 0. The summed E-state index contributed by atoms with van der Waals surface area (Å²) < 4.78 is 26.3. The van der Waals surface area contributed by atoms with Gasteiger partial charge in [-0.25, -0.2) is 8.78 Å². The molecule has 0 radical (unpaired) electrons.